The van der Waals surface area contributed by atoms with Gasteiger partial charge in [-0.15, -0.1) is 0 Å². The predicted octanol–water partition coefficient (Wildman–Crippen LogP) is 8.14. The molecule has 0 heterocycles. The van der Waals surface area contributed by atoms with Crippen molar-refractivity contribution in [2.24, 2.45) is 0 Å². The van der Waals surface area contributed by atoms with E-state index < -0.39 is 75.7 Å². The van der Waals surface area contributed by atoms with Crippen LogP contribution in [0.15, 0.2) is 48.6 Å². The molecule has 360 valence electrons. The van der Waals surface area contributed by atoms with Gasteiger partial charge in [-0.2, -0.15) is 0 Å². The molecule has 0 bridgehead atoms. The van der Waals surface area contributed by atoms with Crippen molar-refractivity contribution >= 4 is 19.8 Å². The summed E-state index contributed by atoms with van der Waals surface area (Å²) in [5.74, 6) is -1.18. The fourth-order valence-electron chi connectivity index (χ4n) is 6.91. The minimum atomic E-state index is -5.14. The summed E-state index contributed by atoms with van der Waals surface area (Å²) < 4.78 is 33.5. The van der Waals surface area contributed by atoms with E-state index in [1.165, 1.54) is 70.6 Å². The van der Waals surface area contributed by atoms with Crippen molar-refractivity contribution in [1.82, 2.24) is 0 Å². The molecule has 14 nitrogen and oxygen atoms in total. The quantitative estimate of drug-likeness (QED) is 0.0134. The van der Waals surface area contributed by atoms with Crippen LogP contribution in [-0.2, 0) is 32.7 Å². The second kappa shape index (κ2) is 38.1. The Kier molecular flexibility index (Phi) is 35.5. The molecule has 0 radical (unpaired) electrons. The highest BCUT2D eigenvalue weighted by Gasteiger charge is 2.51. The van der Waals surface area contributed by atoms with Gasteiger partial charge in [0.15, 0.2) is 6.10 Å². The second-order valence-corrected chi connectivity index (χ2v) is 17.7. The average molecular weight is 903 g/mol. The number of ether oxygens (including phenoxy) is 2. The third-order valence-corrected chi connectivity index (χ3v) is 11.7. The molecule has 15 heteroatoms. The normalized spacial score (nSPS) is 22.3. The minimum Gasteiger partial charge on any atom is -0.462 e. The molecule has 1 aliphatic rings. The van der Waals surface area contributed by atoms with Crippen LogP contribution in [0.1, 0.15) is 174 Å². The molecule has 1 saturated carbocycles. The number of unbranched alkanes of at least 4 members (excludes halogenated alkanes) is 18. The highest BCUT2D eigenvalue weighted by molar-refractivity contribution is 7.47. The number of hydrogen-bond donors (Lipinski definition) is 7. The van der Waals surface area contributed by atoms with E-state index in [9.17, 15) is 44.6 Å². The van der Waals surface area contributed by atoms with Crippen molar-refractivity contribution < 1.29 is 68.2 Å². The fourth-order valence-corrected chi connectivity index (χ4v) is 7.88. The van der Waals surface area contributed by atoms with Gasteiger partial charge in [0.05, 0.1) is 6.61 Å². The zero-order valence-corrected chi connectivity index (χ0v) is 38.5. The summed E-state index contributed by atoms with van der Waals surface area (Å²) in [6.07, 6.45) is 28.9. The smallest absolute Gasteiger partial charge is 0.462 e. The largest absolute Gasteiger partial charge is 0.472 e. The molecule has 0 saturated heterocycles. The van der Waals surface area contributed by atoms with Crippen LogP contribution in [0.4, 0.5) is 0 Å². The summed E-state index contributed by atoms with van der Waals surface area (Å²) in [4.78, 5) is 35.7. The molecule has 1 fully saturated rings. The molecule has 0 aromatic carbocycles. The number of aliphatic hydroxyl groups is 6. The van der Waals surface area contributed by atoms with Crippen molar-refractivity contribution in [1.29, 1.82) is 0 Å². The highest BCUT2D eigenvalue weighted by atomic mass is 31.2. The van der Waals surface area contributed by atoms with Gasteiger partial charge in [-0.1, -0.05) is 152 Å². The Hall–Kier alpha value is -2.23. The Bertz CT molecular complexity index is 1270. The summed E-state index contributed by atoms with van der Waals surface area (Å²) in [5, 5.41) is 58.9. The maximum absolute atomic E-state index is 12.8. The van der Waals surface area contributed by atoms with E-state index in [2.05, 4.69) is 43.4 Å². The molecular formula is C47H83O14P. The molecule has 0 aromatic rings. The fraction of sp³-hybridized carbons (Fsp3) is 0.787. The van der Waals surface area contributed by atoms with E-state index in [-0.39, 0.29) is 19.4 Å². The van der Waals surface area contributed by atoms with Crippen LogP contribution >= 0.6 is 7.82 Å². The molecule has 0 amide bonds. The lowest BCUT2D eigenvalue weighted by Gasteiger charge is -2.41. The molecule has 6 atom stereocenters. The van der Waals surface area contributed by atoms with E-state index in [4.69, 9.17) is 23.6 Å². The van der Waals surface area contributed by atoms with E-state index in [1.807, 2.05) is 12.2 Å². The second-order valence-electron chi connectivity index (χ2n) is 16.3. The first-order chi connectivity index (χ1) is 29.9. The molecular weight excluding hydrogens is 819 g/mol. The first kappa shape index (κ1) is 57.8. The average Bonchev–Trinajstić information content (AvgIpc) is 3.25. The molecule has 7 N–H and O–H groups in total. The summed E-state index contributed by atoms with van der Waals surface area (Å²) in [6.45, 7) is 1.26. The number of esters is 2. The minimum absolute atomic E-state index is 0.0114. The van der Waals surface area contributed by atoms with Gasteiger partial charge in [-0.25, -0.2) is 4.57 Å². The number of phosphoric acid groups is 1. The topological polar surface area (TPSA) is 230 Å². The van der Waals surface area contributed by atoms with Crippen LogP contribution in [-0.4, -0.2) is 110 Å². The van der Waals surface area contributed by atoms with Crippen LogP contribution in [0, 0.1) is 0 Å². The highest BCUT2D eigenvalue weighted by Crippen LogP contribution is 2.47. The van der Waals surface area contributed by atoms with Crippen molar-refractivity contribution in [2.75, 3.05) is 19.8 Å². The Balaban J connectivity index is 2.49. The van der Waals surface area contributed by atoms with Gasteiger partial charge in [0.2, 0.25) is 0 Å². The van der Waals surface area contributed by atoms with Gasteiger partial charge in [-0.05, 0) is 57.8 Å². The van der Waals surface area contributed by atoms with Crippen molar-refractivity contribution in [3.8, 4) is 0 Å². The number of aliphatic hydroxyl groups excluding tert-OH is 6. The van der Waals surface area contributed by atoms with Gasteiger partial charge >= 0.3 is 19.8 Å². The lowest BCUT2D eigenvalue weighted by molar-refractivity contribution is -0.220. The van der Waals surface area contributed by atoms with E-state index in [0.29, 0.717) is 19.3 Å². The van der Waals surface area contributed by atoms with Crippen LogP contribution in [0.5, 0.6) is 0 Å². The van der Waals surface area contributed by atoms with Crippen molar-refractivity contribution in [3.63, 3.8) is 0 Å². The van der Waals surface area contributed by atoms with E-state index in [0.717, 1.165) is 64.2 Å². The maximum Gasteiger partial charge on any atom is 0.472 e. The summed E-state index contributed by atoms with van der Waals surface area (Å²) in [7, 11) is -5.14. The third-order valence-electron chi connectivity index (χ3n) is 10.7. The zero-order valence-electron chi connectivity index (χ0n) is 37.6. The molecule has 6 unspecified atom stereocenters. The van der Waals surface area contributed by atoms with Gasteiger partial charge in [0.1, 0.15) is 43.2 Å². The van der Waals surface area contributed by atoms with Crippen molar-refractivity contribution in [2.45, 2.75) is 217 Å². The zero-order chi connectivity index (χ0) is 45.7. The van der Waals surface area contributed by atoms with E-state index in [1.54, 1.807) is 0 Å². The van der Waals surface area contributed by atoms with E-state index >= 15 is 0 Å². The lowest BCUT2D eigenvalue weighted by Crippen LogP contribution is -2.64. The van der Waals surface area contributed by atoms with Crippen LogP contribution in [0.25, 0.3) is 0 Å². The Morgan fingerprint density at radius 3 is 1.45 bits per heavy atom. The standard InChI is InChI=1S/C47H83O14P/c1-2-3-4-5-6-7-8-9-13-16-19-22-25-28-31-34-40(49)58-37-39(38-59-62(56,57)61-47-45(54)43(52)42(51)44(53)46(47)55)60-41(50)35-32-29-26-23-20-17-14-11-10-12-15-18-21-24-27-30-33-36-48/h10,12,14,17-18,21,23,26,39,42-48,51-55H,2-9,11,13,15-16,19-20,22,24-25,27-38H2,1H3,(H,56,57)/b12-10-,17-14-,21-18-,26-23-. The van der Waals surface area contributed by atoms with Gasteiger partial charge in [-0.3, -0.25) is 18.6 Å². The molecule has 0 spiro atoms. The Morgan fingerprint density at radius 2 is 0.952 bits per heavy atom. The first-order valence-corrected chi connectivity index (χ1v) is 25.0. The van der Waals surface area contributed by atoms with Gasteiger partial charge in [0, 0.05) is 19.4 Å². The Morgan fingerprint density at radius 1 is 0.532 bits per heavy atom. The Labute approximate surface area is 372 Å². The summed E-state index contributed by atoms with van der Waals surface area (Å²) in [5.41, 5.74) is 0. The van der Waals surface area contributed by atoms with Crippen LogP contribution < -0.4 is 0 Å². The number of rotatable bonds is 39. The predicted molar refractivity (Wildman–Crippen MR) is 241 cm³/mol. The SMILES string of the molecule is CCCCCCCCCCCCCCCCCC(=O)OCC(COP(=O)(O)OC1C(O)C(O)C(O)C(O)C1O)OC(=O)CCC/C=C\C/C=C\C/C=C\C/C=C\CCCCCO. The maximum atomic E-state index is 12.8. The van der Waals surface area contributed by atoms with Crippen LogP contribution in [0.2, 0.25) is 0 Å². The number of allylic oxidation sites excluding steroid dienone is 8. The number of carbonyl (C=O) groups is 2. The van der Waals surface area contributed by atoms with Gasteiger partial charge in [0.25, 0.3) is 0 Å². The molecule has 1 rings (SSSR count). The van der Waals surface area contributed by atoms with Crippen LogP contribution in [0.3, 0.4) is 0 Å². The monoisotopic (exact) mass is 903 g/mol. The number of phosphoric ester groups is 1. The molecule has 62 heavy (non-hydrogen) atoms. The third kappa shape index (κ3) is 30.0. The lowest BCUT2D eigenvalue weighted by atomic mass is 9.85. The summed E-state index contributed by atoms with van der Waals surface area (Å²) >= 11 is 0. The number of carbonyl (C=O) groups excluding carboxylic acids is 2. The molecule has 0 aliphatic heterocycles. The first-order valence-electron chi connectivity index (χ1n) is 23.6. The molecule has 0 aromatic heterocycles. The van der Waals surface area contributed by atoms with Gasteiger partial charge < -0.3 is 45.0 Å². The number of hydrogen-bond acceptors (Lipinski definition) is 13. The molecule has 1 aliphatic carbocycles. The summed E-state index contributed by atoms with van der Waals surface area (Å²) in [6, 6.07) is 0. The van der Waals surface area contributed by atoms with Crippen molar-refractivity contribution in [3.05, 3.63) is 48.6 Å².